The van der Waals surface area contributed by atoms with Crippen LogP contribution in [0.3, 0.4) is 0 Å². The molecular formula is C34H47NO7S. The maximum absolute atomic E-state index is 14.4. The zero-order valence-electron chi connectivity index (χ0n) is 26.3. The molecule has 1 unspecified atom stereocenters. The molecule has 43 heavy (non-hydrogen) atoms. The van der Waals surface area contributed by atoms with Gasteiger partial charge >= 0.3 is 5.97 Å². The van der Waals surface area contributed by atoms with E-state index in [1.165, 1.54) is 24.8 Å². The number of allylic oxidation sites excluding steroid dienone is 4. The predicted octanol–water partition coefficient (Wildman–Crippen LogP) is 5.81. The molecule has 236 valence electrons. The Morgan fingerprint density at radius 3 is 2.23 bits per heavy atom. The van der Waals surface area contributed by atoms with E-state index in [4.69, 9.17) is 18.9 Å². The molecule has 8 nitrogen and oxygen atoms in total. The van der Waals surface area contributed by atoms with Crippen LogP contribution < -0.4 is 9.47 Å². The Bertz CT molecular complexity index is 1320. The van der Waals surface area contributed by atoms with Crippen LogP contribution in [-0.4, -0.2) is 77.2 Å². The van der Waals surface area contributed by atoms with Crippen LogP contribution in [0.4, 0.5) is 0 Å². The van der Waals surface area contributed by atoms with E-state index in [0.717, 1.165) is 51.3 Å². The molecule has 1 saturated heterocycles. The van der Waals surface area contributed by atoms with Crippen molar-refractivity contribution in [2.45, 2.75) is 63.0 Å². The van der Waals surface area contributed by atoms with Crippen LogP contribution in [0.2, 0.25) is 0 Å². The maximum Gasteiger partial charge on any atom is 0.328 e. The molecule has 1 heterocycles. The summed E-state index contributed by atoms with van der Waals surface area (Å²) < 4.78 is 49.1. The zero-order valence-corrected chi connectivity index (χ0v) is 27.1. The summed E-state index contributed by atoms with van der Waals surface area (Å²) in [5, 5.41) is 0. The van der Waals surface area contributed by atoms with Crippen molar-refractivity contribution < 1.29 is 32.2 Å². The van der Waals surface area contributed by atoms with Gasteiger partial charge in [-0.25, -0.2) is 8.42 Å². The Hall–Kier alpha value is -3.14. The van der Waals surface area contributed by atoms with Crippen LogP contribution in [0.5, 0.6) is 11.5 Å². The van der Waals surface area contributed by atoms with Crippen molar-refractivity contribution in [2.75, 3.05) is 53.2 Å². The van der Waals surface area contributed by atoms with Crippen molar-refractivity contribution in [2.24, 2.45) is 0 Å². The highest BCUT2D eigenvalue weighted by atomic mass is 32.2. The molecule has 9 heteroatoms. The number of hydrogen-bond donors (Lipinski definition) is 0. The van der Waals surface area contributed by atoms with E-state index in [9.17, 15) is 13.2 Å². The quantitative estimate of drug-likeness (QED) is 0.173. The first-order valence-electron chi connectivity index (χ1n) is 15.0. The highest BCUT2D eigenvalue weighted by Gasteiger charge is 2.52. The smallest absolute Gasteiger partial charge is 0.328 e. The van der Waals surface area contributed by atoms with Crippen LogP contribution in [0.1, 0.15) is 52.5 Å². The summed E-state index contributed by atoms with van der Waals surface area (Å²) in [6, 6.07) is 13.5. The lowest BCUT2D eigenvalue weighted by molar-refractivity contribution is -0.146. The first-order chi connectivity index (χ1) is 20.6. The number of ether oxygens (including phenoxy) is 4. The zero-order chi connectivity index (χ0) is 31.3. The lowest BCUT2D eigenvalue weighted by Gasteiger charge is -2.31. The summed E-state index contributed by atoms with van der Waals surface area (Å²) in [6.45, 7) is 12.4. The molecule has 0 saturated carbocycles. The Balaban J connectivity index is 1.93. The second kappa shape index (κ2) is 16.6. The Morgan fingerprint density at radius 1 is 0.977 bits per heavy atom. The summed E-state index contributed by atoms with van der Waals surface area (Å²) in [6.07, 6.45) is 5.57. The monoisotopic (exact) mass is 613 g/mol. The Labute approximate surface area is 257 Å². The summed E-state index contributed by atoms with van der Waals surface area (Å²) >= 11 is 0. The lowest BCUT2D eigenvalue weighted by Crippen LogP contribution is -2.49. The molecule has 0 aromatic heterocycles. The van der Waals surface area contributed by atoms with Gasteiger partial charge in [0.25, 0.3) is 0 Å². The number of nitrogens with zero attached hydrogens (tertiary/aromatic N) is 1. The van der Waals surface area contributed by atoms with E-state index in [1.54, 1.807) is 19.1 Å². The molecule has 2 aromatic rings. The first-order valence-corrected chi connectivity index (χ1v) is 16.5. The third-order valence-electron chi connectivity index (χ3n) is 7.60. The van der Waals surface area contributed by atoms with Crippen LogP contribution in [0.25, 0.3) is 0 Å². The third kappa shape index (κ3) is 9.68. The topological polar surface area (TPSA) is 91.4 Å². The molecule has 1 aliphatic rings. The third-order valence-corrected chi connectivity index (χ3v) is 10.00. The summed E-state index contributed by atoms with van der Waals surface area (Å²) in [7, 11) is -2.69. The van der Waals surface area contributed by atoms with Gasteiger partial charge in [-0.1, -0.05) is 35.4 Å². The van der Waals surface area contributed by atoms with E-state index < -0.39 is 20.6 Å². The number of hydrogen-bond acceptors (Lipinski definition) is 8. The molecule has 2 aromatic carbocycles. The second-order valence-electron chi connectivity index (χ2n) is 11.1. The number of carbonyl (C=O) groups excluding carboxylic acids is 1. The molecule has 0 N–H and O–H groups in total. The predicted molar refractivity (Wildman–Crippen MR) is 169 cm³/mol. The van der Waals surface area contributed by atoms with Gasteiger partial charge in [-0.05, 0) is 88.9 Å². The van der Waals surface area contributed by atoms with Crippen molar-refractivity contribution in [3.8, 4) is 11.5 Å². The second-order valence-corrected chi connectivity index (χ2v) is 13.4. The fraction of sp³-hybridized carbons (Fsp3) is 0.500. The van der Waals surface area contributed by atoms with Crippen LogP contribution in [0, 0.1) is 0 Å². The molecule has 0 radical (unpaired) electrons. The number of esters is 1. The molecular weight excluding hydrogens is 566 g/mol. The van der Waals surface area contributed by atoms with Gasteiger partial charge in [0.1, 0.15) is 18.1 Å². The van der Waals surface area contributed by atoms with Gasteiger partial charge in [0.2, 0.25) is 0 Å². The van der Waals surface area contributed by atoms with E-state index in [-0.39, 0.29) is 24.3 Å². The van der Waals surface area contributed by atoms with Crippen molar-refractivity contribution in [1.29, 1.82) is 0 Å². The van der Waals surface area contributed by atoms with Crippen LogP contribution >= 0.6 is 0 Å². The molecule has 1 atom stereocenters. The van der Waals surface area contributed by atoms with Crippen molar-refractivity contribution in [3.05, 3.63) is 77.4 Å². The number of methoxy groups -OCH3 is 1. The number of carbonyl (C=O) groups is 1. The van der Waals surface area contributed by atoms with Gasteiger partial charge in [0, 0.05) is 26.1 Å². The van der Waals surface area contributed by atoms with Crippen LogP contribution in [0.15, 0.2) is 76.7 Å². The molecule has 1 fully saturated rings. The number of morpholine rings is 1. The lowest BCUT2D eigenvalue weighted by atomic mass is 9.93. The van der Waals surface area contributed by atoms with Gasteiger partial charge in [0.15, 0.2) is 14.6 Å². The number of benzene rings is 2. The van der Waals surface area contributed by atoms with Gasteiger partial charge in [-0.2, -0.15) is 0 Å². The molecule has 3 rings (SSSR count). The van der Waals surface area contributed by atoms with Gasteiger partial charge < -0.3 is 18.9 Å². The fourth-order valence-corrected chi connectivity index (χ4v) is 6.85. The van der Waals surface area contributed by atoms with E-state index in [0.29, 0.717) is 23.7 Å². The fourth-order valence-electron chi connectivity index (χ4n) is 4.97. The molecule has 0 bridgehead atoms. The molecule has 0 amide bonds. The van der Waals surface area contributed by atoms with E-state index in [1.807, 2.05) is 51.1 Å². The Morgan fingerprint density at radius 2 is 1.63 bits per heavy atom. The van der Waals surface area contributed by atoms with E-state index >= 15 is 0 Å². The summed E-state index contributed by atoms with van der Waals surface area (Å²) in [5.74, 6) is 0.455. The normalized spacial score (nSPS) is 15.8. The Kier molecular flexibility index (Phi) is 13.3. The average Bonchev–Trinajstić information content (AvgIpc) is 3.00. The largest absolute Gasteiger partial charge is 0.497 e. The van der Waals surface area contributed by atoms with Crippen molar-refractivity contribution in [3.63, 3.8) is 0 Å². The molecule has 1 aliphatic heterocycles. The van der Waals surface area contributed by atoms with Gasteiger partial charge in [-0.15, -0.1) is 0 Å². The first kappa shape index (κ1) is 34.4. The maximum atomic E-state index is 14.4. The van der Waals surface area contributed by atoms with Crippen LogP contribution in [-0.2, 0) is 30.5 Å². The van der Waals surface area contributed by atoms with Crippen molar-refractivity contribution in [1.82, 2.24) is 4.90 Å². The number of rotatable bonds is 16. The minimum atomic E-state index is -4.21. The SMILES string of the molecule is CCOC(=O)C(C/C=C(\C)CCC=C(C)C)(Cc1ccc(OCCN2CCOCC2)cc1)S(=O)(=O)c1ccc(OC)cc1. The van der Waals surface area contributed by atoms with E-state index in [2.05, 4.69) is 11.0 Å². The number of sulfone groups is 1. The minimum Gasteiger partial charge on any atom is -0.497 e. The summed E-state index contributed by atoms with van der Waals surface area (Å²) in [4.78, 5) is 16.1. The average molecular weight is 614 g/mol. The van der Waals surface area contributed by atoms with Crippen molar-refractivity contribution >= 4 is 15.8 Å². The van der Waals surface area contributed by atoms with Gasteiger partial charge in [0.05, 0.1) is 31.8 Å². The molecule has 0 aliphatic carbocycles. The standard InChI is InChI=1S/C34H47NO7S/c1-6-41-33(36)34(19-18-28(4)9-7-8-27(2)3,43(37,38)32-16-14-30(39-5)15-17-32)26-29-10-12-31(13-11-29)42-25-22-35-20-23-40-24-21-35/h8,10-18H,6-7,9,19-26H2,1-5H3/b28-18+. The highest BCUT2D eigenvalue weighted by molar-refractivity contribution is 7.93. The summed E-state index contributed by atoms with van der Waals surface area (Å²) in [5.41, 5.74) is 2.94. The van der Waals surface area contributed by atoms with Gasteiger partial charge in [-0.3, -0.25) is 9.69 Å². The highest BCUT2D eigenvalue weighted by Crippen LogP contribution is 2.36. The molecule has 0 spiro atoms. The minimum absolute atomic E-state index is 0.0152.